The normalized spacial score (nSPS) is 10.5. The van der Waals surface area contributed by atoms with Crippen LogP contribution in [0.4, 0.5) is 5.69 Å². The number of carboxylic acids is 1. The van der Waals surface area contributed by atoms with E-state index < -0.39 is 5.97 Å². The molecule has 0 unspecified atom stereocenters. The highest BCUT2D eigenvalue weighted by Gasteiger charge is 2.15. The highest BCUT2D eigenvalue weighted by molar-refractivity contribution is 7.99. The van der Waals surface area contributed by atoms with Crippen LogP contribution in [0.3, 0.4) is 0 Å². The molecular weight excluding hydrogens is 290 g/mol. The molecule has 0 saturated heterocycles. The minimum atomic E-state index is -1.07. The van der Waals surface area contributed by atoms with Gasteiger partial charge in [-0.15, -0.1) is 0 Å². The molecule has 0 saturated carbocycles. The first-order valence-electron chi connectivity index (χ1n) is 6.41. The van der Waals surface area contributed by atoms with E-state index in [9.17, 15) is 14.7 Å². The van der Waals surface area contributed by atoms with Crippen LogP contribution in [0, 0.1) is 0 Å². The molecule has 0 spiro atoms. The molecular formula is C14H15N3O3S. The lowest BCUT2D eigenvalue weighted by Crippen LogP contribution is -2.10. The van der Waals surface area contributed by atoms with Gasteiger partial charge in [0.1, 0.15) is 0 Å². The second-order valence-corrected chi connectivity index (χ2v) is 5.42. The van der Waals surface area contributed by atoms with Crippen LogP contribution in [0.1, 0.15) is 29.4 Å². The molecule has 0 aliphatic heterocycles. The number of nitrogens with one attached hydrogen (secondary N) is 1. The van der Waals surface area contributed by atoms with Gasteiger partial charge in [-0.2, -0.15) is 0 Å². The maximum atomic E-state index is 11.6. The lowest BCUT2D eigenvalue weighted by Gasteiger charge is -2.09. The summed E-state index contributed by atoms with van der Waals surface area (Å²) < 4.78 is 0. The quantitative estimate of drug-likeness (QED) is 0.577. The molecule has 110 valence electrons. The molecule has 6 nitrogen and oxygen atoms in total. The van der Waals surface area contributed by atoms with Gasteiger partial charge in [-0.05, 0) is 30.3 Å². The maximum Gasteiger partial charge on any atom is 0.336 e. The van der Waals surface area contributed by atoms with Crippen LogP contribution in [0.25, 0.3) is 0 Å². The van der Waals surface area contributed by atoms with Crippen molar-refractivity contribution in [2.24, 2.45) is 0 Å². The number of nitrogen functional groups attached to an aromatic ring is 1. The highest BCUT2D eigenvalue weighted by atomic mass is 32.2. The van der Waals surface area contributed by atoms with Crippen LogP contribution in [0.15, 0.2) is 39.1 Å². The van der Waals surface area contributed by atoms with Crippen molar-refractivity contribution in [1.82, 2.24) is 9.97 Å². The Morgan fingerprint density at radius 2 is 2.24 bits per heavy atom. The van der Waals surface area contributed by atoms with Crippen LogP contribution in [-0.4, -0.2) is 21.0 Å². The summed E-state index contributed by atoms with van der Waals surface area (Å²) in [5.41, 5.74) is 6.68. The number of aryl methyl sites for hydroxylation is 1. The van der Waals surface area contributed by atoms with Crippen molar-refractivity contribution in [3.05, 3.63) is 45.9 Å². The average Bonchev–Trinajstić information content (AvgIpc) is 2.40. The summed E-state index contributed by atoms with van der Waals surface area (Å²) in [5.74, 6) is -1.07. The van der Waals surface area contributed by atoms with Gasteiger partial charge in [0, 0.05) is 17.4 Å². The fraction of sp³-hybridized carbons (Fsp3) is 0.214. The topological polar surface area (TPSA) is 109 Å². The molecule has 0 fully saturated rings. The second kappa shape index (κ2) is 6.45. The van der Waals surface area contributed by atoms with Crippen molar-refractivity contribution in [3.63, 3.8) is 0 Å². The first-order chi connectivity index (χ1) is 10.0. The molecule has 0 bridgehead atoms. The largest absolute Gasteiger partial charge is 0.478 e. The molecule has 0 amide bonds. The zero-order valence-electron chi connectivity index (χ0n) is 11.4. The summed E-state index contributed by atoms with van der Waals surface area (Å²) in [6, 6.07) is 6.10. The van der Waals surface area contributed by atoms with Crippen LogP contribution in [0.5, 0.6) is 0 Å². The number of hydrogen-bond donors (Lipinski definition) is 3. The van der Waals surface area contributed by atoms with E-state index in [0.29, 0.717) is 27.9 Å². The van der Waals surface area contributed by atoms with Gasteiger partial charge in [-0.3, -0.25) is 4.79 Å². The zero-order chi connectivity index (χ0) is 15.4. The number of anilines is 1. The molecule has 0 radical (unpaired) electrons. The summed E-state index contributed by atoms with van der Waals surface area (Å²) in [6.45, 7) is 1.99. The Labute approximate surface area is 125 Å². The number of rotatable bonds is 5. The number of carbonyl (C=O) groups is 1. The first kappa shape index (κ1) is 15.1. The minimum absolute atomic E-state index is 0.0866. The summed E-state index contributed by atoms with van der Waals surface area (Å²) in [6.07, 6.45) is 1.56. The molecule has 0 atom stereocenters. The van der Waals surface area contributed by atoms with Crippen molar-refractivity contribution in [2.75, 3.05) is 5.73 Å². The number of aromatic amines is 1. The fourth-order valence-corrected chi connectivity index (χ4v) is 2.81. The number of carboxylic acid groups (broad SMARTS) is 1. The molecule has 21 heavy (non-hydrogen) atoms. The molecule has 2 aromatic rings. The first-order valence-corrected chi connectivity index (χ1v) is 7.22. The Bertz CT molecular complexity index is 728. The number of benzene rings is 1. The van der Waals surface area contributed by atoms with E-state index >= 15 is 0 Å². The van der Waals surface area contributed by atoms with E-state index in [1.54, 1.807) is 12.1 Å². The van der Waals surface area contributed by atoms with Crippen molar-refractivity contribution in [1.29, 1.82) is 0 Å². The zero-order valence-corrected chi connectivity index (χ0v) is 12.2. The van der Waals surface area contributed by atoms with Crippen LogP contribution >= 0.6 is 11.8 Å². The summed E-state index contributed by atoms with van der Waals surface area (Å²) in [7, 11) is 0. The van der Waals surface area contributed by atoms with E-state index in [2.05, 4.69) is 9.97 Å². The molecule has 4 N–H and O–H groups in total. The monoisotopic (exact) mass is 305 g/mol. The third-order valence-corrected chi connectivity index (χ3v) is 3.80. The van der Waals surface area contributed by atoms with Gasteiger partial charge in [0.15, 0.2) is 5.16 Å². The molecule has 1 heterocycles. The summed E-state index contributed by atoms with van der Waals surface area (Å²) in [5, 5.41) is 9.54. The molecule has 1 aromatic heterocycles. The molecule has 2 rings (SSSR count). The number of aromatic nitrogens is 2. The van der Waals surface area contributed by atoms with Crippen LogP contribution in [-0.2, 0) is 6.42 Å². The average molecular weight is 305 g/mol. The lowest BCUT2D eigenvalue weighted by molar-refractivity contribution is 0.0693. The number of aromatic carboxylic acids is 1. The SMILES string of the molecule is CCCc1cc(=O)[nH]c(Sc2c(N)cccc2C(=O)O)n1. The van der Waals surface area contributed by atoms with E-state index in [1.165, 1.54) is 12.1 Å². The van der Waals surface area contributed by atoms with Crippen molar-refractivity contribution >= 4 is 23.4 Å². The number of hydrogen-bond acceptors (Lipinski definition) is 5. The number of nitrogens with two attached hydrogens (primary N) is 1. The highest BCUT2D eigenvalue weighted by Crippen LogP contribution is 2.32. The molecule has 7 heteroatoms. The van der Waals surface area contributed by atoms with Crippen molar-refractivity contribution < 1.29 is 9.90 Å². The van der Waals surface area contributed by atoms with Gasteiger partial charge < -0.3 is 15.8 Å². The minimum Gasteiger partial charge on any atom is -0.478 e. The standard InChI is InChI=1S/C14H15N3O3S/c1-2-4-8-7-11(18)17-14(16-8)21-12-9(13(19)20)5-3-6-10(12)15/h3,5-7H,2,4,15H2,1H3,(H,19,20)(H,16,17,18). The van der Waals surface area contributed by atoms with Gasteiger partial charge in [0.25, 0.3) is 5.56 Å². The van der Waals surface area contributed by atoms with Crippen LogP contribution in [0.2, 0.25) is 0 Å². The van der Waals surface area contributed by atoms with Gasteiger partial charge in [-0.1, -0.05) is 19.4 Å². The Morgan fingerprint density at radius 3 is 2.90 bits per heavy atom. The van der Waals surface area contributed by atoms with E-state index in [0.717, 1.165) is 18.2 Å². The number of nitrogens with zero attached hydrogens (tertiary/aromatic N) is 1. The molecule has 0 aliphatic rings. The molecule has 1 aromatic carbocycles. The third-order valence-electron chi connectivity index (χ3n) is 2.75. The van der Waals surface area contributed by atoms with E-state index in [1.807, 2.05) is 6.92 Å². The summed E-state index contributed by atoms with van der Waals surface area (Å²) in [4.78, 5) is 30.2. The van der Waals surface area contributed by atoms with Gasteiger partial charge >= 0.3 is 5.97 Å². The Morgan fingerprint density at radius 1 is 1.48 bits per heavy atom. The van der Waals surface area contributed by atoms with Gasteiger partial charge in [0.05, 0.1) is 10.5 Å². The fourth-order valence-electron chi connectivity index (χ4n) is 1.85. The maximum absolute atomic E-state index is 11.6. The Hall–Kier alpha value is -2.28. The predicted molar refractivity (Wildman–Crippen MR) is 80.8 cm³/mol. The Kier molecular flexibility index (Phi) is 4.64. The van der Waals surface area contributed by atoms with E-state index in [-0.39, 0.29) is 11.1 Å². The lowest BCUT2D eigenvalue weighted by atomic mass is 10.2. The van der Waals surface area contributed by atoms with Crippen molar-refractivity contribution in [3.8, 4) is 0 Å². The van der Waals surface area contributed by atoms with Crippen molar-refractivity contribution in [2.45, 2.75) is 29.8 Å². The Balaban J connectivity index is 2.43. The van der Waals surface area contributed by atoms with Crippen LogP contribution < -0.4 is 11.3 Å². The molecule has 0 aliphatic carbocycles. The van der Waals surface area contributed by atoms with Gasteiger partial charge in [0.2, 0.25) is 0 Å². The van der Waals surface area contributed by atoms with E-state index in [4.69, 9.17) is 5.73 Å². The predicted octanol–water partition coefficient (Wildman–Crippen LogP) is 2.15. The van der Waals surface area contributed by atoms with Gasteiger partial charge in [-0.25, -0.2) is 9.78 Å². The second-order valence-electron chi connectivity index (χ2n) is 4.42. The third kappa shape index (κ3) is 3.63. The summed E-state index contributed by atoms with van der Waals surface area (Å²) >= 11 is 1.05. The number of H-pyrrole nitrogens is 1. The smallest absolute Gasteiger partial charge is 0.336 e.